The lowest BCUT2D eigenvalue weighted by Gasteiger charge is -2.47. The van der Waals surface area contributed by atoms with Crippen LogP contribution in [0.5, 0.6) is 0 Å². The first-order valence-electron chi connectivity index (χ1n) is 11.3. The molecule has 0 radical (unpaired) electrons. The summed E-state index contributed by atoms with van der Waals surface area (Å²) in [6.07, 6.45) is 5.28. The summed E-state index contributed by atoms with van der Waals surface area (Å²) < 4.78 is 2.15. The van der Waals surface area contributed by atoms with E-state index < -0.39 is 0 Å². The number of hydrogen-bond acceptors (Lipinski definition) is 3. The number of fused-ring (bicyclic) bond motifs is 5. The van der Waals surface area contributed by atoms with Gasteiger partial charge in [0.1, 0.15) is 5.69 Å². The predicted molar refractivity (Wildman–Crippen MR) is 127 cm³/mol. The molecule has 1 saturated carbocycles. The standard InChI is InChI=1S/C26H24N4O3/c1-2-23(31)29-11-8-16-6-7-19(14-20(16)29)28-24(32)18-5-4-17-12-22-25(33)27-15-26(9-3-10-26)30(22)21(17)13-18/h2,4-7,12-14H,1,3,8-11,15H2,(H,27,33)(H,28,32). The molecule has 33 heavy (non-hydrogen) atoms. The maximum absolute atomic E-state index is 13.1. The van der Waals surface area contributed by atoms with Gasteiger partial charge < -0.3 is 20.1 Å². The van der Waals surface area contributed by atoms with Gasteiger partial charge in [0.2, 0.25) is 5.91 Å². The fourth-order valence-electron chi connectivity index (χ4n) is 5.42. The van der Waals surface area contributed by atoms with E-state index in [-0.39, 0.29) is 23.3 Å². The van der Waals surface area contributed by atoms with Gasteiger partial charge in [0, 0.05) is 35.4 Å². The van der Waals surface area contributed by atoms with Crippen LogP contribution in [0.25, 0.3) is 10.9 Å². The zero-order valence-electron chi connectivity index (χ0n) is 18.2. The monoisotopic (exact) mass is 440 g/mol. The minimum Gasteiger partial charge on any atom is -0.348 e. The van der Waals surface area contributed by atoms with Crippen LogP contribution in [-0.2, 0) is 16.8 Å². The number of amides is 3. The van der Waals surface area contributed by atoms with Crippen molar-refractivity contribution in [2.45, 2.75) is 31.2 Å². The molecule has 7 heteroatoms. The van der Waals surface area contributed by atoms with E-state index in [4.69, 9.17) is 0 Å². The summed E-state index contributed by atoms with van der Waals surface area (Å²) in [5.41, 5.74) is 4.56. The van der Waals surface area contributed by atoms with Crippen LogP contribution < -0.4 is 15.5 Å². The number of benzene rings is 2. The highest BCUT2D eigenvalue weighted by atomic mass is 16.2. The highest BCUT2D eigenvalue weighted by Gasteiger charge is 2.44. The molecular weight excluding hydrogens is 416 g/mol. The fraction of sp³-hybridized carbons (Fsp3) is 0.269. The second kappa shape index (κ2) is 7.07. The zero-order valence-corrected chi connectivity index (χ0v) is 18.2. The van der Waals surface area contributed by atoms with E-state index in [1.165, 1.54) is 6.08 Å². The third kappa shape index (κ3) is 2.92. The van der Waals surface area contributed by atoms with E-state index in [9.17, 15) is 14.4 Å². The molecule has 166 valence electrons. The van der Waals surface area contributed by atoms with Gasteiger partial charge in [-0.1, -0.05) is 18.7 Å². The van der Waals surface area contributed by atoms with Crippen molar-refractivity contribution in [3.05, 3.63) is 71.9 Å². The minimum absolute atomic E-state index is 0.0634. The summed E-state index contributed by atoms with van der Waals surface area (Å²) in [4.78, 5) is 39.4. The van der Waals surface area contributed by atoms with Crippen molar-refractivity contribution in [1.29, 1.82) is 0 Å². The Morgan fingerprint density at radius 1 is 1.12 bits per heavy atom. The van der Waals surface area contributed by atoms with Crippen molar-refractivity contribution in [1.82, 2.24) is 9.88 Å². The van der Waals surface area contributed by atoms with E-state index in [1.54, 1.807) is 11.0 Å². The van der Waals surface area contributed by atoms with Crippen molar-refractivity contribution in [3.63, 3.8) is 0 Å². The van der Waals surface area contributed by atoms with Gasteiger partial charge in [-0.2, -0.15) is 0 Å². The van der Waals surface area contributed by atoms with Crippen LogP contribution in [0, 0.1) is 0 Å². The molecule has 2 aliphatic heterocycles. The summed E-state index contributed by atoms with van der Waals surface area (Å²) in [7, 11) is 0. The highest BCUT2D eigenvalue weighted by molar-refractivity contribution is 6.08. The van der Waals surface area contributed by atoms with E-state index in [0.717, 1.165) is 47.8 Å². The first-order chi connectivity index (χ1) is 16.0. The van der Waals surface area contributed by atoms with Crippen molar-refractivity contribution in [2.75, 3.05) is 23.3 Å². The summed E-state index contributed by atoms with van der Waals surface area (Å²) in [5.74, 6) is -0.434. The van der Waals surface area contributed by atoms with E-state index in [0.29, 0.717) is 30.0 Å². The molecule has 6 rings (SSSR count). The van der Waals surface area contributed by atoms with Gasteiger partial charge >= 0.3 is 0 Å². The summed E-state index contributed by atoms with van der Waals surface area (Å²) in [6, 6.07) is 13.1. The minimum atomic E-state index is -0.227. The van der Waals surface area contributed by atoms with Gasteiger partial charge in [-0.25, -0.2) is 0 Å². The fourth-order valence-corrected chi connectivity index (χ4v) is 5.42. The molecular formula is C26H24N4O3. The Hall–Kier alpha value is -3.87. The number of nitrogens with zero attached hydrogens (tertiary/aromatic N) is 2. The Morgan fingerprint density at radius 3 is 2.73 bits per heavy atom. The van der Waals surface area contributed by atoms with Crippen LogP contribution in [0.15, 0.2) is 55.1 Å². The normalized spacial score (nSPS) is 17.8. The second-order valence-corrected chi connectivity index (χ2v) is 9.14. The number of nitrogens with one attached hydrogen (secondary N) is 2. The molecule has 1 fully saturated rings. The molecule has 1 aromatic heterocycles. The Bertz CT molecular complexity index is 1370. The van der Waals surface area contributed by atoms with Crippen LogP contribution in [0.4, 0.5) is 11.4 Å². The molecule has 1 spiro atoms. The molecule has 0 saturated heterocycles. The Kier molecular flexibility index (Phi) is 4.24. The lowest BCUT2D eigenvalue weighted by Crippen LogP contribution is -2.55. The quantitative estimate of drug-likeness (QED) is 0.611. The molecule has 0 unspecified atom stereocenters. The molecule has 3 heterocycles. The number of anilines is 2. The van der Waals surface area contributed by atoms with E-state index in [1.807, 2.05) is 36.4 Å². The largest absolute Gasteiger partial charge is 0.348 e. The van der Waals surface area contributed by atoms with Crippen molar-refractivity contribution in [3.8, 4) is 0 Å². The van der Waals surface area contributed by atoms with Crippen molar-refractivity contribution in [2.24, 2.45) is 0 Å². The van der Waals surface area contributed by atoms with Crippen molar-refractivity contribution >= 4 is 40.0 Å². The molecule has 3 amide bonds. The Morgan fingerprint density at radius 2 is 1.97 bits per heavy atom. The zero-order chi connectivity index (χ0) is 22.7. The molecule has 0 bridgehead atoms. The maximum Gasteiger partial charge on any atom is 0.268 e. The van der Waals surface area contributed by atoms with E-state index in [2.05, 4.69) is 21.8 Å². The van der Waals surface area contributed by atoms with Gasteiger partial charge in [-0.3, -0.25) is 14.4 Å². The molecule has 2 N–H and O–H groups in total. The Labute approximate surface area is 191 Å². The lowest BCUT2D eigenvalue weighted by atomic mass is 9.75. The smallest absolute Gasteiger partial charge is 0.268 e. The van der Waals surface area contributed by atoms with Crippen molar-refractivity contribution < 1.29 is 14.4 Å². The summed E-state index contributed by atoms with van der Waals surface area (Å²) in [6.45, 7) is 4.82. The van der Waals surface area contributed by atoms with Crippen LogP contribution in [0.1, 0.15) is 45.7 Å². The van der Waals surface area contributed by atoms with E-state index >= 15 is 0 Å². The first kappa shape index (κ1) is 19.8. The molecule has 1 aliphatic carbocycles. The third-order valence-corrected chi connectivity index (χ3v) is 7.32. The number of carbonyl (C=O) groups excluding carboxylic acids is 3. The van der Waals surface area contributed by atoms with Crippen LogP contribution in [0.2, 0.25) is 0 Å². The SMILES string of the molecule is C=CC(=O)N1CCc2ccc(NC(=O)c3ccc4cc5n(c4c3)C3(CCC3)CNC5=O)cc21. The lowest BCUT2D eigenvalue weighted by molar-refractivity contribution is -0.114. The molecule has 2 aromatic carbocycles. The maximum atomic E-state index is 13.1. The number of carbonyl (C=O) groups is 3. The average Bonchev–Trinajstić information content (AvgIpc) is 3.39. The van der Waals surface area contributed by atoms with Gasteiger partial charge in [-0.15, -0.1) is 0 Å². The number of rotatable bonds is 3. The van der Waals surface area contributed by atoms with Gasteiger partial charge in [0.05, 0.1) is 11.1 Å². The number of hydrogen-bond donors (Lipinski definition) is 2. The predicted octanol–water partition coefficient (Wildman–Crippen LogP) is 3.59. The van der Waals surface area contributed by atoms with Crippen LogP contribution in [-0.4, -0.2) is 35.4 Å². The van der Waals surface area contributed by atoms with Crippen LogP contribution in [0.3, 0.4) is 0 Å². The molecule has 7 nitrogen and oxygen atoms in total. The average molecular weight is 441 g/mol. The first-order valence-corrected chi connectivity index (χ1v) is 11.3. The van der Waals surface area contributed by atoms with Gasteiger partial charge in [0.15, 0.2) is 0 Å². The molecule has 3 aliphatic rings. The van der Waals surface area contributed by atoms with Gasteiger partial charge in [0.25, 0.3) is 11.8 Å². The third-order valence-electron chi connectivity index (χ3n) is 7.32. The Balaban J connectivity index is 1.33. The van der Waals surface area contributed by atoms with Crippen LogP contribution >= 0.6 is 0 Å². The molecule has 3 aromatic rings. The summed E-state index contributed by atoms with van der Waals surface area (Å²) >= 11 is 0. The second-order valence-electron chi connectivity index (χ2n) is 9.14. The highest BCUT2D eigenvalue weighted by Crippen LogP contribution is 2.44. The summed E-state index contributed by atoms with van der Waals surface area (Å²) in [5, 5.41) is 6.95. The number of aromatic nitrogens is 1. The topological polar surface area (TPSA) is 83.4 Å². The molecule has 0 atom stereocenters. The van der Waals surface area contributed by atoms with Gasteiger partial charge in [-0.05, 0) is 67.7 Å².